The number of carbonyl (C=O) groups excluding carboxylic acids is 1. The molecule has 6 heteroatoms. The first-order valence-corrected chi connectivity index (χ1v) is 9.28. The van der Waals surface area contributed by atoms with Crippen molar-refractivity contribution in [2.75, 3.05) is 19.0 Å². The minimum atomic E-state index is -0.316. The molecule has 2 aromatic rings. The molecule has 0 saturated heterocycles. The van der Waals surface area contributed by atoms with Gasteiger partial charge in [-0.25, -0.2) is 4.79 Å². The van der Waals surface area contributed by atoms with Gasteiger partial charge in [-0.1, -0.05) is 15.9 Å². The van der Waals surface area contributed by atoms with E-state index in [0.717, 1.165) is 21.5 Å². The molecule has 0 fully saturated rings. The van der Waals surface area contributed by atoms with Crippen molar-refractivity contribution in [3.63, 3.8) is 0 Å². The molecule has 0 spiro atoms. The summed E-state index contributed by atoms with van der Waals surface area (Å²) in [6.07, 6.45) is 0.0349. The van der Waals surface area contributed by atoms with E-state index in [1.54, 1.807) is 26.2 Å². The number of anilines is 1. The van der Waals surface area contributed by atoms with Gasteiger partial charge in [-0.15, -0.1) is 0 Å². The summed E-state index contributed by atoms with van der Waals surface area (Å²) in [5, 5.41) is 3.34. The molecule has 140 valence electrons. The standard InChI is InChI=1S/C20H24BrNO4/c1-5-25-20(23)14-6-8-17(9-7-14)22-12-15-10-16(21)11-18(24-4)19(15)26-13(2)3/h6-11,13,22H,5,12H2,1-4H3. The van der Waals surface area contributed by atoms with Gasteiger partial charge in [0.05, 0.1) is 25.4 Å². The maximum atomic E-state index is 11.7. The van der Waals surface area contributed by atoms with Gasteiger partial charge in [0.25, 0.3) is 0 Å². The highest BCUT2D eigenvalue weighted by Gasteiger charge is 2.14. The first-order chi connectivity index (χ1) is 12.4. The highest BCUT2D eigenvalue weighted by atomic mass is 79.9. The zero-order chi connectivity index (χ0) is 19.1. The Kier molecular flexibility index (Phi) is 7.33. The van der Waals surface area contributed by atoms with E-state index in [-0.39, 0.29) is 12.1 Å². The second-order valence-electron chi connectivity index (χ2n) is 5.91. The minimum absolute atomic E-state index is 0.0349. The number of benzene rings is 2. The van der Waals surface area contributed by atoms with Gasteiger partial charge < -0.3 is 19.5 Å². The summed E-state index contributed by atoms with van der Waals surface area (Å²) < 4.78 is 17.3. The lowest BCUT2D eigenvalue weighted by Crippen LogP contribution is -2.11. The fourth-order valence-electron chi connectivity index (χ4n) is 2.41. The number of nitrogens with one attached hydrogen (secondary N) is 1. The van der Waals surface area contributed by atoms with Crippen molar-refractivity contribution in [3.05, 3.63) is 52.0 Å². The number of rotatable bonds is 8. The van der Waals surface area contributed by atoms with Crippen LogP contribution in [0, 0.1) is 0 Å². The maximum absolute atomic E-state index is 11.7. The topological polar surface area (TPSA) is 56.8 Å². The van der Waals surface area contributed by atoms with Gasteiger partial charge in [0.2, 0.25) is 0 Å². The van der Waals surface area contributed by atoms with Gasteiger partial charge in [0.1, 0.15) is 0 Å². The molecule has 0 unspecified atom stereocenters. The molecule has 26 heavy (non-hydrogen) atoms. The monoisotopic (exact) mass is 421 g/mol. The SMILES string of the molecule is CCOC(=O)c1ccc(NCc2cc(Br)cc(OC)c2OC(C)C)cc1. The van der Waals surface area contributed by atoms with E-state index in [1.165, 1.54) is 0 Å². The van der Waals surface area contributed by atoms with Crippen LogP contribution in [0.15, 0.2) is 40.9 Å². The molecular weight excluding hydrogens is 398 g/mol. The summed E-state index contributed by atoms with van der Waals surface area (Å²) in [6, 6.07) is 11.1. The highest BCUT2D eigenvalue weighted by molar-refractivity contribution is 9.10. The molecule has 0 saturated carbocycles. The first-order valence-electron chi connectivity index (χ1n) is 8.48. The molecule has 1 N–H and O–H groups in total. The molecule has 0 heterocycles. The van der Waals surface area contributed by atoms with Crippen molar-refractivity contribution >= 4 is 27.6 Å². The molecule has 0 aromatic heterocycles. The Morgan fingerprint density at radius 2 is 1.88 bits per heavy atom. The van der Waals surface area contributed by atoms with Crippen LogP contribution >= 0.6 is 15.9 Å². The lowest BCUT2D eigenvalue weighted by molar-refractivity contribution is 0.0526. The predicted octanol–water partition coefficient (Wildman–Crippen LogP) is 5.03. The lowest BCUT2D eigenvalue weighted by Gasteiger charge is -2.18. The number of ether oxygens (including phenoxy) is 3. The number of esters is 1. The zero-order valence-corrected chi connectivity index (χ0v) is 17.1. The largest absolute Gasteiger partial charge is 0.493 e. The van der Waals surface area contributed by atoms with Crippen LogP contribution in [0.4, 0.5) is 5.69 Å². The van der Waals surface area contributed by atoms with Crippen LogP contribution in [-0.2, 0) is 11.3 Å². The maximum Gasteiger partial charge on any atom is 0.338 e. The van der Waals surface area contributed by atoms with Gasteiger partial charge in [-0.2, -0.15) is 0 Å². The normalized spacial score (nSPS) is 10.5. The van der Waals surface area contributed by atoms with Crippen molar-refractivity contribution in [2.24, 2.45) is 0 Å². The molecule has 0 aliphatic carbocycles. The average molecular weight is 422 g/mol. The third-order valence-corrected chi connectivity index (χ3v) is 4.01. The van der Waals surface area contributed by atoms with Crippen molar-refractivity contribution < 1.29 is 19.0 Å². The van der Waals surface area contributed by atoms with E-state index in [1.807, 2.05) is 38.1 Å². The first kappa shape index (κ1) is 20.1. The highest BCUT2D eigenvalue weighted by Crippen LogP contribution is 2.36. The van der Waals surface area contributed by atoms with E-state index in [9.17, 15) is 4.79 Å². The predicted molar refractivity (Wildman–Crippen MR) is 106 cm³/mol. The number of halogens is 1. The smallest absolute Gasteiger partial charge is 0.338 e. The molecule has 0 aliphatic heterocycles. The fourth-order valence-corrected chi connectivity index (χ4v) is 2.90. The second kappa shape index (κ2) is 9.48. The molecule has 0 radical (unpaired) electrons. The Morgan fingerprint density at radius 1 is 1.19 bits per heavy atom. The summed E-state index contributed by atoms with van der Waals surface area (Å²) in [6.45, 7) is 6.66. The summed E-state index contributed by atoms with van der Waals surface area (Å²) in [5.41, 5.74) is 2.40. The number of hydrogen-bond donors (Lipinski definition) is 1. The lowest BCUT2D eigenvalue weighted by atomic mass is 10.1. The van der Waals surface area contributed by atoms with E-state index in [0.29, 0.717) is 24.5 Å². The second-order valence-corrected chi connectivity index (χ2v) is 6.83. The molecule has 0 atom stereocenters. The van der Waals surface area contributed by atoms with Gasteiger partial charge in [-0.05, 0) is 57.2 Å². The molecule has 0 bridgehead atoms. The fraction of sp³-hybridized carbons (Fsp3) is 0.350. The third-order valence-electron chi connectivity index (χ3n) is 3.55. The molecule has 5 nitrogen and oxygen atoms in total. The Bertz CT molecular complexity index is 744. The van der Waals surface area contributed by atoms with Crippen molar-refractivity contribution in [2.45, 2.75) is 33.4 Å². The summed E-state index contributed by atoms with van der Waals surface area (Å²) in [4.78, 5) is 11.7. The third kappa shape index (κ3) is 5.39. The quantitative estimate of drug-likeness (QED) is 0.605. The van der Waals surface area contributed by atoms with E-state index >= 15 is 0 Å². The Morgan fingerprint density at radius 3 is 2.46 bits per heavy atom. The van der Waals surface area contributed by atoms with Crippen LogP contribution in [0.1, 0.15) is 36.7 Å². The van der Waals surface area contributed by atoms with Crippen molar-refractivity contribution in [1.29, 1.82) is 0 Å². The summed E-state index contributed by atoms with van der Waals surface area (Å²) in [5.74, 6) is 1.09. The van der Waals surface area contributed by atoms with E-state index in [4.69, 9.17) is 14.2 Å². The van der Waals surface area contributed by atoms with Gasteiger partial charge in [0, 0.05) is 22.3 Å². The van der Waals surface area contributed by atoms with Crippen molar-refractivity contribution in [1.82, 2.24) is 0 Å². The van der Waals surface area contributed by atoms with Crippen molar-refractivity contribution in [3.8, 4) is 11.5 Å². The zero-order valence-electron chi connectivity index (χ0n) is 15.5. The van der Waals surface area contributed by atoms with Crippen LogP contribution in [0.5, 0.6) is 11.5 Å². The van der Waals surface area contributed by atoms with E-state index in [2.05, 4.69) is 21.2 Å². The molecule has 0 amide bonds. The van der Waals surface area contributed by atoms with Gasteiger partial charge in [-0.3, -0.25) is 0 Å². The molecule has 2 aromatic carbocycles. The average Bonchev–Trinajstić information content (AvgIpc) is 2.61. The summed E-state index contributed by atoms with van der Waals surface area (Å²) in [7, 11) is 1.63. The Hall–Kier alpha value is -2.21. The molecule has 2 rings (SSSR count). The van der Waals surface area contributed by atoms with Crippen LogP contribution < -0.4 is 14.8 Å². The Labute approximate surface area is 162 Å². The molecular formula is C20H24BrNO4. The number of carbonyl (C=O) groups is 1. The van der Waals surface area contributed by atoms with Crippen LogP contribution in [0.25, 0.3) is 0 Å². The van der Waals surface area contributed by atoms with Gasteiger partial charge >= 0.3 is 5.97 Å². The number of hydrogen-bond acceptors (Lipinski definition) is 5. The minimum Gasteiger partial charge on any atom is -0.493 e. The van der Waals surface area contributed by atoms with Gasteiger partial charge in [0.15, 0.2) is 11.5 Å². The van der Waals surface area contributed by atoms with Crippen LogP contribution in [0.3, 0.4) is 0 Å². The van der Waals surface area contributed by atoms with Crippen LogP contribution in [-0.4, -0.2) is 25.8 Å². The van der Waals surface area contributed by atoms with E-state index < -0.39 is 0 Å². The summed E-state index contributed by atoms with van der Waals surface area (Å²) >= 11 is 3.51. The number of methoxy groups -OCH3 is 1. The molecule has 0 aliphatic rings. The Balaban J connectivity index is 2.15. The van der Waals surface area contributed by atoms with Crippen LogP contribution in [0.2, 0.25) is 0 Å².